The Morgan fingerprint density at radius 3 is 2.53 bits per heavy atom. The number of nitro groups is 1. The molecule has 1 atom stereocenters. The second kappa shape index (κ2) is 6.23. The van der Waals surface area contributed by atoms with Crippen molar-refractivity contribution in [3.63, 3.8) is 0 Å². The number of halogens is 1. The zero-order valence-corrected chi connectivity index (χ0v) is 12.1. The molecular formula is C11H17FN2O4P+. The van der Waals surface area contributed by atoms with E-state index in [2.05, 4.69) is 0 Å². The van der Waals surface area contributed by atoms with Crippen LogP contribution in [0, 0.1) is 15.9 Å². The molecule has 0 radical (unpaired) electrons. The molecule has 6 nitrogen and oxygen atoms in total. The lowest BCUT2D eigenvalue weighted by Gasteiger charge is -2.23. The van der Waals surface area contributed by atoms with Crippen molar-refractivity contribution in [1.29, 1.82) is 0 Å². The lowest BCUT2D eigenvalue weighted by molar-refractivity contribution is -0.870. The third-order valence-corrected chi connectivity index (χ3v) is 3.62. The summed E-state index contributed by atoms with van der Waals surface area (Å²) >= 11 is 0. The Morgan fingerprint density at radius 1 is 1.42 bits per heavy atom. The first-order valence-electron chi connectivity index (χ1n) is 5.62. The molecule has 0 amide bonds. The smallest absolute Gasteiger partial charge is 0.304 e. The van der Waals surface area contributed by atoms with Gasteiger partial charge in [0.15, 0.2) is 0 Å². The van der Waals surface area contributed by atoms with Crippen LogP contribution in [0.2, 0.25) is 0 Å². The molecule has 0 fully saturated rings. The highest BCUT2D eigenvalue weighted by molar-refractivity contribution is 7.48. The van der Waals surface area contributed by atoms with Crippen LogP contribution in [0.4, 0.5) is 10.1 Å². The summed E-state index contributed by atoms with van der Waals surface area (Å²) < 4.78 is 30.9. The van der Waals surface area contributed by atoms with E-state index in [4.69, 9.17) is 4.52 Å². The molecule has 8 heteroatoms. The fourth-order valence-electron chi connectivity index (χ4n) is 1.28. The third kappa shape index (κ3) is 5.06. The van der Waals surface area contributed by atoms with E-state index in [0.29, 0.717) is 11.0 Å². The summed E-state index contributed by atoms with van der Waals surface area (Å²) in [5.74, 6) is -1.00. The molecule has 0 aliphatic heterocycles. The maximum absolute atomic E-state index is 13.3. The van der Waals surface area contributed by atoms with Gasteiger partial charge in [0.1, 0.15) is 13.2 Å². The standard InChI is InChI=1S/C11H17FN2O4P/c1-14(2,3)6-7-18-19(17)9-4-5-11(13(15)16)10(12)8-9/h4-5,8,19H,6-7H2,1-3H3/q+1. The second-order valence-corrected chi connectivity index (χ2v) is 6.51. The SMILES string of the molecule is C[N+](C)(C)CCO[PH](=O)c1ccc([N+](=O)[O-])c(F)c1. The van der Waals surface area contributed by atoms with Crippen LogP contribution in [0.5, 0.6) is 0 Å². The molecule has 0 spiro atoms. The molecule has 0 heterocycles. The maximum atomic E-state index is 13.3. The van der Waals surface area contributed by atoms with Gasteiger partial charge in [-0.3, -0.25) is 14.7 Å². The van der Waals surface area contributed by atoms with Gasteiger partial charge in [-0.25, -0.2) is 0 Å². The topological polar surface area (TPSA) is 69.4 Å². The van der Waals surface area contributed by atoms with E-state index >= 15 is 0 Å². The van der Waals surface area contributed by atoms with Crippen LogP contribution in [-0.2, 0) is 9.09 Å². The van der Waals surface area contributed by atoms with Gasteiger partial charge in [0.25, 0.3) is 0 Å². The fraction of sp³-hybridized carbons (Fsp3) is 0.455. The number of benzene rings is 1. The van der Waals surface area contributed by atoms with Gasteiger partial charge in [0, 0.05) is 11.4 Å². The first-order valence-corrected chi connectivity index (χ1v) is 6.94. The van der Waals surface area contributed by atoms with Crippen molar-refractivity contribution in [3.8, 4) is 0 Å². The van der Waals surface area contributed by atoms with Crippen LogP contribution < -0.4 is 5.30 Å². The second-order valence-electron chi connectivity index (χ2n) is 5.07. The average molecular weight is 291 g/mol. The Labute approximate surface area is 111 Å². The van der Waals surface area contributed by atoms with Gasteiger partial charge in [-0.05, 0) is 12.1 Å². The molecule has 106 valence electrons. The highest BCUT2D eigenvalue weighted by atomic mass is 31.1. The van der Waals surface area contributed by atoms with Gasteiger partial charge in [0.05, 0.1) is 26.1 Å². The largest absolute Gasteiger partial charge is 0.329 e. The third-order valence-electron chi connectivity index (χ3n) is 2.38. The monoisotopic (exact) mass is 291 g/mol. The van der Waals surface area contributed by atoms with E-state index in [0.717, 1.165) is 12.1 Å². The summed E-state index contributed by atoms with van der Waals surface area (Å²) in [7, 11) is 3.32. The van der Waals surface area contributed by atoms with Crippen molar-refractivity contribution in [3.05, 3.63) is 34.1 Å². The average Bonchev–Trinajstić information content (AvgIpc) is 2.26. The zero-order valence-electron chi connectivity index (χ0n) is 11.1. The van der Waals surface area contributed by atoms with Crippen LogP contribution in [0.3, 0.4) is 0 Å². The van der Waals surface area contributed by atoms with Gasteiger partial charge < -0.3 is 9.01 Å². The van der Waals surface area contributed by atoms with Crippen molar-refractivity contribution < 1.29 is 22.9 Å². The van der Waals surface area contributed by atoms with Crippen molar-refractivity contribution in [2.75, 3.05) is 34.3 Å². The van der Waals surface area contributed by atoms with E-state index in [1.807, 2.05) is 21.1 Å². The number of likely N-dealkylation sites (N-methyl/N-ethyl adjacent to an activating group) is 1. The Hall–Kier alpha value is -1.30. The summed E-state index contributed by atoms with van der Waals surface area (Å²) in [6.07, 6.45) is 0. The lowest BCUT2D eigenvalue weighted by Crippen LogP contribution is -2.37. The number of rotatable bonds is 6. The zero-order chi connectivity index (χ0) is 14.6. The number of nitro benzene ring substituents is 1. The van der Waals surface area contributed by atoms with E-state index in [9.17, 15) is 19.1 Å². The fourth-order valence-corrected chi connectivity index (χ4v) is 2.18. The number of quaternary nitrogens is 1. The van der Waals surface area contributed by atoms with E-state index in [1.54, 1.807) is 0 Å². The van der Waals surface area contributed by atoms with Crippen molar-refractivity contribution >= 4 is 19.0 Å². The first kappa shape index (κ1) is 15.8. The minimum Gasteiger partial charge on any atom is -0.329 e. The van der Waals surface area contributed by atoms with Crippen molar-refractivity contribution in [2.24, 2.45) is 0 Å². The Bertz CT molecular complexity index is 502. The molecule has 1 rings (SSSR count). The molecule has 19 heavy (non-hydrogen) atoms. The van der Waals surface area contributed by atoms with Gasteiger partial charge in [-0.1, -0.05) is 0 Å². The summed E-state index contributed by atoms with van der Waals surface area (Å²) in [5.41, 5.74) is -0.634. The van der Waals surface area contributed by atoms with E-state index in [-0.39, 0.29) is 11.9 Å². The van der Waals surface area contributed by atoms with Gasteiger partial charge in [-0.15, -0.1) is 0 Å². The first-order chi connectivity index (χ1) is 8.70. The van der Waals surface area contributed by atoms with E-state index in [1.165, 1.54) is 6.07 Å². The maximum Gasteiger partial charge on any atom is 0.304 e. The quantitative estimate of drug-likeness (QED) is 0.345. The van der Waals surface area contributed by atoms with Crippen LogP contribution in [0.15, 0.2) is 18.2 Å². The summed E-state index contributed by atoms with van der Waals surface area (Å²) in [5, 5.41) is 10.6. The molecule has 0 aliphatic carbocycles. The molecule has 0 bridgehead atoms. The van der Waals surface area contributed by atoms with Crippen molar-refractivity contribution in [1.82, 2.24) is 0 Å². The summed E-state index contributed by atoms with van der Waals surface area (Å²) in [6.45, 7) is 0.936. The number of hydrogen-bond acceptors (Lipinski definition) is 4. The Morgan fingerprint density at radius 2 is 2.05 bits per heavy atom. The Balaban J connectivity index is 2.68. The molecule has 0 aliphatic rings. The van der Waals surface area contributed by atoms with Gasteiger partial charge in [0.2, 0.25) is 13.8 Å². The summed E-state index contributed by atoms with van der Waals surface area (Å²) in [4.78, 5) is 9.62. The highest BCUT2D eigenvalue weighted by Crippen LogP contribution is 2.24. The number of hydrogen-bond donors (Lipinski definition) is 0. The molecular weight excluding hydrogens is 274 g/mol. The minimum atomic E-state index is -2.58. The molecule has 0 saturated heterocycles. The van der Waals surface area contributed by atoms with E-state index < -0.39 is 24.5 Å². The molecule has 0 N–H and O–H groups in total. The highest BCUT2D eigenvalue weighted by Gasteiger charge is 2.16. The summed E-state index contributed by atoms with van der Waals surface area (Å²) in [6, 6.07) is 3.15. The van der Waals surface area contributed by atoms with Crippen LogP contribution in [0.1, 0.15) is 0 Å². The van der Waals surface area contributed by atoms with Crippen LogP contribution in [0.25, 0.3) is 0 Å². The Kier molecular flexibility index (Phi) is 5.17. The van der Waals surface area contributed by atoms with Crippen molar-refractivity contribution in [2.45, 2.75) is 0 Å². The van der Waals surface area contributed by atoms with Gasteiger partial charge >= 0.3 is 5.69 Å². The molecule has 0 aromatic heterocycles. The van der Waals surface area contributed by atoms with Crippen LogP contribution in [-0.4, -0.2) is 43.7 Å². The predicted octanol–water partition coefficient (Wildman–Crippen LogP) is 1.56. The molecule has 1 unspecified atom stereocenters. The van der Waals surface area contributed by atoms with Crippen LogP contribution >= 0.6 is 8.03 Å². The minimum absolute atomic E-state index is 0.148. The normalized spacial score (nSPS) is 13.3. The van der Waals surface area contributed by atoms with Gasteiger partial charge in [-0.2, -0.15) is 4.39 Å². The predicted molar refractivity (Wildman–Crippen MR) is 70.5 cm³/mol. The lowest BCUT2D eigenvalue weighted by atomic mass is 10.3. The number of nitrogens with zero attached hydrogens (tertiary/aromatic N) is 2. The molecule has 1 aromatic carbocycles. The molecule has 0 saturated carbocycles. The molecule has 1 aromatic rings.